The molecule has 1 aromatic carbocycles. The summed E-state index contributed by atoms with van der Waals surface area (Å²) in [6.07, 6.45) is 2.56. The van der Waals surface area contributed by atoms with Crippen molar-refractivity contribution in [2.75, 3.05) is 11.4 Å². The molecule has 1 aromatic rings. The van der Waals surface area contributed by atoms with Crippen molar-refractivity contribution in [1.82, 2.24) is 0 Å². The summed E-state index contributed by atoms with van der Waals surface area (Å²) in [6, 6.07) is 6.63. The van der Waals surface area contributed by atoms with Crippen molar-refractivity contribution in [1.29, 1.82) is 0 Å². The number of carbonyl (C=O) groups excluding carboxylic acids is 1. The first kappa shape index (κ1) is 13.6. The molecular weight excluding hydrogens is 290 g/mol. The molecule has 1 aliphatic heterocycles. The molecule has 1 saturated heterocycles. The molecule has 1 fully saturated rings. The predicted octanol–water partition coefficient (Wildman–Crippen LogP) is 4.28. The van der Waals surface area contributed by atoms with Crippen LogP contribution in [0.2, 0.25) is 0 Å². The number of piperidine rings is 1. The van der Waals surface area contributed by atoms with Gasteiger partial charge < -0.3 is 4.90 Å². The van der Waals surface area contributed by atoms with E-state index in [0.717, 1.165) is 22.5 Å². The van der Waals surface area contributed by atoms with Gasteiger partial charge in [-0.2, -0.15) is 0 Å². The second-order valence-electron chi connectivity index (χ2n) is 5.27. The molecule has 1 aliphatic rings. The van der Waals surface area contributed by atoms with Crippen LogP contribution < -0.4 is 4.90 Å². The van der Waals surface area contributed by atoms with E-state index in [2.05, 4.69) is 46.8 Å². The van der Waals surface area contributed by atoms with E-state index in [9.17, 15) is 4.79 Å². The van der Waals surface area contributed by atoms with Gasteiger partial charge in [-0.3, -0.25) is 4.79 Å². The highest BCUT2D eigenvalue weighted by molar-refractivity contribution is 9.10. The fourth-order valence-electron chi connectivity index (χ4n) is 2.67. The van der Waals surface area contributed by atoms with Gasteiger partial charge in [0.25, 0.3) is 0 Å². The zero-order valence-electron chi connectivity index (χ0n) is 11.2. The molecule has 0 spiro atoms. The average Bonchev–Trinajstić information content (AvgIpc) is 2.32. The molecule has 2 rings (SSSR count). The van der Waals surface area contributed by atoms with E-state index >= 15 is 0 Å². The van der Waals surface area contributed by atoms with Crippen LogP contribution >= 0.6 is 15.9 Å². The molecule has 3 heteroatoms. The van der Waals surface area contributed by atoms with Crippen LogP contribution in [0.4, 0.5) is 5.69 Å². The topological polar surface area (TPSA) is 20.3 Å². The van der Waals surface area contributed by atoms with Gasteiger partial charge in [-0.05, 0) is 66.7 Å². The van der Waals surface area contributed by atoms with Crippen LogP contribution in [-0.2, 0) is 0 Å². The highest BCUT2D eigenvalue weighted by Gasteiger charge is 2.25. The summed E-state index contributed by atoms with van der Waals surface area (Å²) in [5.41, 5.74) is 1.97. The van der Waals surface area contributed by atoms with Gasteiger partial charge in [0, 0.05) is 28.3 Å². The molecule has 2 atom stereocenters. The van der Waals surface area contributed by atoms with Gasteiger partial charge in [0.15, 0.2) is 5.78 Å². The van der Waals surface area contributed by atoms with Crippen LogP contribution in [0.5, 0.6) is 0 Å². The fourth-order valence-corrected chi connectivity index (χ4v) is 3.31. The molecule has 2 unspecified atom stereocenters. The number of hydrogen-bond acceptors (Lipinski definition) is 2. The molecule has 0 radical (unpaired) electrons. The molecule has 0 saturated carbocycles. The number of Topliss-reactive ketones (excluding diaryl/α,β-unsaturated/α-hetero) is 1. The molecule has 0 amide bonds. The lowest BCUT2D eigenvalue weighted by Gasteiger charge is -2.39. The van der Waals surface area contributed by atoms with E-state index < -0.39 is 0 Å². The van der Waals surface area contributed by atoms with Gasteiger partial charge in [-0.15, -0.1) is 0 Å². The first-order valence-electron chi connectivity index (χ1n) is 6.58. The Bertz CT molecular complexity index is 458. The Labute approximate surface area is 117 Å². The van der Waals surface area contributed by atoms with Crippen molar-refractivity contribution in [3.8, 4) is 0 Å². The minimum atomic E-state index is 0.105. The van der Waals surface area contributed by atoms with Gasteiger partial charge in [0.2, 0.25) is 0 Å². The Hall–Kier alpha value is -0.830. The third-order valence-electron chi connectivity index (χ3n) is 4.04. The maximum Gasteiger partial charge on any atom is 0.160 e. The van der Waals surface area contributed by atoms with Crippen molar-refractivity contribution in [2.24, 2.45) is 5.92 Å². The molecule has 98 valence electrons. The minimum Gasteiger partial charge on any atom is -0.369 e. The van der Waals surface area contributed by atoms with E-state index in [1.54, 1.807) is 6.92 Å². The predicted molar refractivity (Wildman–Crippen MR) is 79.4 cm³/mol. The Kier molecular flexibility index (Phi) is 4.10. The summed E-state index contributed by atoms with van der Waals surface area (Å²) >= 11 is 3.50. The van der Waals surface area contributed by atoms with E-state index in [1.807, 2.05) is 6.07 Å². The lowest BCUT2D eigenvalue weighted by atomic mass is 9.91. The van der Waals surface area contributed by atoms with Crippen LogP contribution in [0, 0.1) is 5.92 Å². The van der Waals surface area contributed by atoms with E-state index in [-0.39, 0.29) is 5.78 Å². The van der Waals surface area contributed by atoms with Gasteiger partial charge in [-0.1, -0.05) is 6.92 Å². The van der Waals surface area contributed by atoms with Crippen LogP contribution in [0.3, 0.4) is 0 Å². The lowest BCUT2D eigenvalue weighted by Crippen LogP contribution is -2.42. The molecule has 2 nitrogen and oxygen atoms in total. The molecule has 0 aliphatic carbocycles. The Balaban J connectivity index is 2.28. The third kappa shape index (κ3) is 2.61. The summed E-state index contributed by atoms with van der Waals surface area (Å²) in [4.78, 5) is 13.9. The molecular formula is C15H20BrNO. The maximum absolute atomic E-state index is 11.4. The lowest BCUT2D eigenvalue weighted by molar-refractivity contribution is 0.101. The summed E-state index contributed by atoms with van der Waals surface area (Å²) in [7, 11) is 0. The van der Waals surface area contributed by atoms with Crippen LogP contribution in [0.25, 0.3) is 0 Å². The Morgan fingerprint density at radius 1 is 1.39 bits per heavy atom. The highest BCUT2D eigenvalue weighted by Crippen LogP contribution is 2.31. The molecule has 0 N–H and O–H groups in total. The number of hydrogen-bond donors (Lipinski definition) is 0. The van der Waals surface area contributed by atoms with E-state index in [1.165, 1.54) is 18.5 Å². The van der Waals surface area contributed by atoms with Crippen LogP contribution in [-0.4, -0.2) is 18.4 Å². The number of nitrogens with zero attached hydrogens (tertiary/aromatic N) is 1. The number of carbonyl (C=O) groups is 1. The summed E-state index contributed by atoms with van der Waals surface area (Å²) in [6.45, 7) is 7.31. The number of benzene rings is 1. The van der Waals surface area contributed by atoms with Crippen molar-refractivity contribution < 1.29 is 4.79 Å². The number of halogens is 1. The zero-order valence-corrected chi connectivity index (χ0v) is 12.8. The van der Waals surface area contributed by atoms with Crippen molar-refractivity contribution in [2.45, 2.75) is 39.7 Å². The smallest absolute Gasteiger partial charge is 0.160 e. The molecule has 0 bridgehead atoms. The van der Waals surface area contributed by atoms with Gasteiger partial charge in [0.1, 0.15) is 0 Å². The first-order chi connectivity index (χ1) is 8.50. The standard InChI is InChI=1S/C15H20BrNO/c1-10-5-4-8-17(11(10)2)13-6-7-14(12(3)18)15(16)9-13/h6-7,9-11H,4-5,8H2,1-3H3. The van der Waals surface area contributed by atoms with Crippen molar-refractivity contribution >= 4 is 27.4 Å². The molecule has 0 aromatic heterocycles. The minimum absolute atomic E-state index is 0.105. The van der Waals surface area contributed by atoms with Crippen molar-refractivity contribution in [3.05, 3.63) is 28.2 Å². The van der Waals surface area contributed by atoms with Crippen LogP contribution in [0.15, 0.2) is 22.7 Å². The Morgan fingerprint density at radius 2 is 2.11 bits per heavy atom. The summed E-state index contributed by atoms with van der Waals surface area (Å²) in [5.74, 6) is 0.832. The third-order valence-corrected chi connectivity index (χ3v) is 4.69. The van der Waals surface area contributed by atoms with Gasteiger partial charge >= 0.3 is 0 Å². The van der Waals surface area contributed by atoms with Crippen molar-refractivity contribution in [3.63, 3.8) is 0 Å². The molecule has 18 heavy (non-hydrogen) atoms. The quantitative estimate of drug-likeness (QED) is 0.760. The largest absolute Gasteiger partial charge is 0.369 e. The van der Waals surface area contributed by atoms with E-state index in [4.69, 9.17) is 0 Å². The normalized spacial score (nSPS) is 24.1. The highest BCUT2D eigenvalue weighted by atomic mass is 79.9. The maximum atomic E-state index is 11.4. The number of rotatable bonds is 2. The van der Waals surface area contributed by atoms with E-state index in [0.29, 0.717) is 6.04 Å². The SMILES string of the molecule is CC(=O)c1ccc(N2CCCC(C)C2C)cc1Br. The fraction of sp³-hybridized carbons (Fsp3) is 0.533. The molecule has 1 heterocycles. The second-order valence-corrected chi connectivity index (χ2v) is 6.13. The zero-order chi connectivity index (χ0) is 13.3. The number of ketones is 1. The summed E-state index contributed by atoms with van der Waals surface area (Å²) in [5, 5.41) is 0. The van der Waals surface area contributed by atoms with Gasteiger partial charge in [-0.25, -0.2) is 0 Å². The van der Waals surface area contributed by atoms with Gasteiger partial charge in [0.05, 0.1) is 0 Å². The first-order valence-corrected chi connectivity index (χ1v) is 7.37. The number of anilines is 1. The monoisotopic (exact) mass is 309 g/mol. The average molecular weight is 310 g/mol. The summed E-state index contributed by atoms with van der Waals surface area (Å²) < 4.78 is 0.901. The second kappa shape index (κ2) is 5.43. The van der Waals surface area contributed by atoms with Crippen LogP contribution in [0.1, 0.15) is 44.0 Å². The Morgan fingerprint density at radius 3 is 2.72 bits per heavy atom.